The number of nitrogens with zero attached hydrogens (tertiary/aromatic N) is 2. The van der Waals surface area contributed by atoms with E-state index in [9.17, 15) is 0 Å². The number of hydrogen-bond acceptors (Lipinski definition) is 3. The minimum atomic E-state index is -0.00425. The Kier molecular flexibility index (Phi) is 6.03. The summed E-state index contributed by atoms with van der Waals surface area (Å²) in [5, 5.41) is 8.66. The van der Waals surface area contributed by atoms with Gasteiger partial charge in [-0.1, -0.05) is 127 Å². The van der Waals surface area contributed by atoms with Gasteiger partial charge in [0.25, 0.3) is 0 Å². The van der Waals surface area contributed by atoms with Crippen LogP contribution in [0, 0.1) is 0 Å². The lowest BCUT2D eigenvalue weighted by atomic mass is 9.91. The Morgan fingerprint density at radius 1 is 0.708 bits per heavy atom. The van der Waals surface area contributed by atoms with E-state index >= 15 is 0 Å². The van der Waals surface area contributed by atoms with Crippen LogP contribution in [0.3, 0.4) is 0 Å². The first-order valence-corrected chi connectivity index (χ1v) is 16.7. The van der Waals surface area contributed by atoms with Gasteiger partial charge in [0.15, 0.2) is 0 Å². The summed E-state index contributed by atoms with van der Waals surface area (Å²) in [7, 11) is 0. The number of benzene rings is 5. The second-order valence-electron chi connectivity index (χ2n) is 12.7. The average molecular weight is 618 g/mol. The van der Waals surface area contributed by atoms with Crippen LogP contribution in [0.4, 0.5) is 0 Å². The summed E-state index contributed by atoms with van der Waals surface area (Å²) in [6, 6.07) is 38.9. The highest BCUT2D eigenvalue weighted by Gasteiger charge is 2.28. The van der Waals surface area contributed by atoms with Crippen LogP contribution in [0.25, 0.3) is 51.3 Å². The quantitative estimate of drug-likeness (QED) is 0.211. The molecule has 1 aromatic heterocycles. The lowest BCUT2D eigenvalue weighted by Gasteiger charge is -2.28. The topological polar surface area (TPSA) is 38.5 Å². The lowest BCUT2D eigenvalue weighted by Crippen LogP contribution is -2.42. The van der Waals surface area contributed by atoms with Gasteiger partial charge in [-0.15, -0.1) is 0 Å². The van der Waals surface area contributed by atoms with Crippen molar-refractivity contribution in [3.05, 3.63) is 172 Å². The summed E-state index contributed by atoms with van der Waals surface area (Å²) in [5.74, 6) is 2.52. The van der Waals surface area contributed by atoms with Gasteiger partial charge in [-0.2, -0.15) is 0 Å². The van der Waals surface area contributed by atoms with E-state index in [1.165, 1.54) is 27.1 Å². The highest BCUT2D eigenvalue weighted by atomic mass is 16.5. The molecule has 5 aromatic carbocycles. The van der Waals surface area contributed by atoms with Crippen LogP contribution in [0.1, 0.15) is 35.1 Å². The lowest BCUT2D eigenvalue weighted by molar-refractivity contribution is 0.487. The fraction of sp³-hybridized carbons (Fsp3) is 0.0682. The molecule has 48 heavy (non-hydrogen) atoms. The molecule has 2 aliphatic heterocycles. The van der Waals surface area contributed by atoms with E-state index in [-0.39, 0.29) is 6.04 Å². The molecule has 1 atom stereocenters. The molecule has 1 N–H and O–H groups in total. The van der Waals surface area contributed by atoms with Gasteiger partial charge in [-0.3, -0.25) is 4.57 Å². The summed E-state index contributed by atoms with van der Waals surface area (Å²) < 4.78 is 8.98. The van der Waals surface area contributed by atoms with E-state index < -0.39 is 0 Å². The van der Waals surface area contributed by atoms with Crippen LogP contribution in [-0.2, 0) is 0 Å². The zero-order valence-corrected chi connectivity index (χ0v) is 26.2. The number of aromatic nitrogens is 1. The number of fused-ring (bicyclic) bond motifs is 8. The van der Waals surface area contributed by atoms with Crippen LogP contribution in [0.5, 0.6) is 11.5 Å². The zero-order chi connectivity index (χ0) is 31.6. The van der Waals surface area contributed by atoms with Gasteiger partial charge >= 0.3 is 0 Å². The summed E-state index contributed by atoms with van der Waals surface area (Å²) in [5.41, 5.74) is 10.2. The first-order valence-electron chi connectivity index (χ1n) is 16.7. The third kappa shape index (κ3) is 4.19. The molecule has 228 valence electrons. The van der Waals surface area contributed by atoms with E-state index in [4.69, 9.17) is 9.73 Å². The third-order valence-electron chi connectivity index (χ3n) is 9.96. The molecule has 10 rings (SSSR count). The molecule has 6 aromatic rings. The number of para-hydroxylation sites is 2. The molecule has 0 fully saturated rings. The Labute approximate surface area is 278 Å². The molecule has 0 amide bonds. The standard InChI is InChI=1S/C44H31N3O/c1-3-13-33-28(10-1)12-9-16-34(33)29-20-23-31(24-21-29)42-35-14-4-6-17-37(35)45-44(46-42)47-38-18-7-5-15-36(38)41-39(47)27-26-32-25-22-30-11-2-8-19-40(30)48-43(32)41/h1-8,10-15,17-27,37H,9,16H2,(H,45,46). The minimum Gasteiger partial charge on any atom is -0.455 e. The molecular formula is C44H31N3O. The Bertz CT molecular complexity index is 2610. The molecule has 4 nitrogen and oxygen atoms in total. The fourth-order valence-electron chi connectivity index (χ4n) is 7.68. The van der Waals surface area contributed by atoms with Crippen LogP contribution in [0.2, 0.25) is 0 Å². The highest BCUT2D eigenvalue weighted by Crippen LogP contribution is 2.44. The molecule has 4 aliphatic rings. The van der Waals surface area contributed by atoms with E-state index in [1.807, 2.05) is 18.2 Å². The average Bonchev–Trinajstić information content (AvgIpc) is 3.36. The SMILES string of the molecule is C1=CC2=C(c3ccc(C4=c5ccccc5=CCC4)cc3)N=C(n3c4ccccc4c4c5c(ccc43)C=Cc3ccccc3O5)NC2C=C1. The van der Waals surface area contributed by atoms with E-state index in [0.717, 1.165) is 74.5 Å². The number of nitrogens with one attached hydrogen (secondary N) is 1. The Balaban J connectivity index is 1.14. The van der Waals surface area contributed by atoms with Crippen LogP contribution in [0.15, 0.2) is 144 Å². The third-order valence-corrected chi connectivity index (χ3v) is 9.96. The summed E-state index contributed by atoms with van der Waals surface area (Å²) in [4.78, 5) is 5.42. The van der Waals surface area contributed by atoms with Gasteiger partial charge in [-0.25, -0.2) is 4.99 Å². The molecule has 0 saturated heterocycles. The monoisotopic (exact) mass is 617 g/mol. The Morgan fingerprint density at radius 3 is 2.48 bits per heavy atom. The van der Waals surface area contributed by atoms with Crippen molar-refractivity contribution < 1.29 is 4.74 Å². The second-order valence-corrected chi connectivity index (χ2v) is 12.7. The van der Waals surface area contributed by atoms with Crippen molar-refractivity contribution in [1.82, 2.24) is 9.88 Å². The Morgan fingerprint density at radius 2 is 1.52 bits per heavy atom. The first-order chi connectivity index (χ1) is 23.8. The minimum absolute atomic E-state index is 0.00425. The van der Waals surface area contributed by atoms with Crippen LogP contribution < -0.4 is 20.5 Å². The van der Waals surface area contributed by atoms with Gasteiger partial charge in [0.05, 0.1) is 28.2 Å². The summed E-state index contributed by atoms with van der Waals surface area (Å²) in [6.07, 6.45) is 17.4. The molecule has 1 unspecified atom stereocenters. The molecule has 4 heteroatoms. The van der Waals surface area contributed by atoms with Crippen molar-refractivity contribution in [3.63, 3.8) is 0 Å². The molecule has 0 radical (unpaired) electrons. The van der Waals surface area contributed by atoms with Crippen molar-refractivity contribution >= 4 is 57.3 Å². The largest absolute Gasteiger partial charge is 0.455 e. The van der Waals surface area contributed by atoms with Crippen LogP contribution >= 0.6 is 0 Å². The van der Waals surface area contributed by atoms with Crippen molar-refractivity contribution in [3.8, 4) is 11.5 Å². The molecule has 0 saturated carbocycles. The molecular weight excluding hydrogens is 587 g/mol. The number of rotatable bonds is 2. The predicted molar refractivity (Wildman–Crippen MR) is 198 cm³/mol. The number of hydrogen-bond donors (Lipinski definition) is 1. The summed E-state index contributed by atoms with van der Waals surface area (Å²) in [6.45, 7) is 0. The van der Waals surface area contributed by atoms with Gasteiger partial charge < -0.3 is 10.1 Å². The first kappa shape index (κ1) is 27.0. The molecule has 2 aliphatic carbocycles. The van der Waals surface area contributed by atoms with Gasteiger partial charge in [-0.05, 0) is 58.7 Å². The van der Waals surface area contributed by atoms with Crippen molar-refractivity contribution in [2.24, 2.45) is 4.99 Å². The number of ether oxygens (including phenoxy) is 1. The maximum Gasteiger partial charge on any atom is 0.209 e. The van der Waals surface area contributed by atoms with Gasteiger partial charge in [0.1, 0.15) is 11.5 Å². The maximum absolute atomic E-state index is 6.71. The normalized spacial score (nSPS) is 17.5. The highest BCUT2D eigenvalue weighted by molar-refractivity contribution is 6.18. The van der Waals surface area contributed by atoms with Gasteiger partial charge in [0.2, 0.25) is 5.96 Å². The predicted octanol–water partition coefficient (Wildman–Crippen LogP) is 8.56. The van der Waals surface area contributed by atoms with Crippen molar-refractivity contribution in [1.29, 1.82) is 0 Å². The molecule has 0 spiro atoms. The zero-order valence-electron chi connectivity index (χ0n) is 26.2. The maximum atomic E-state index is 6.71. The van der Waals surface area contributed by atoms with Crippen LogP contribution in [-0.4, -0.2) is 16.6 Å². The van der Waals surface area contributed by atoms with E-state index in [1.54, 1.807) is 0 Å². The fourth-order valence-corrected chi connectivity index (χ4v) is 7.68. The summed E-state index contributed by atoms with van der Waals surface area (Å²) >= 11 is 0. The second kappa shape index (κ2) is 10.7. The van der Waals surface area contributed by atoms with Crippen molar-refractivity contribution in [2.45, 2.75) is 18.9 Å². The van der Waals surface area contributed by atoms with Crippen molar-refractivity contribution in [2.75, 3.05) is 0 Å². The van der Waals surface area contributed by atoms with E-state index in [0.29, 0.717) is 0 Å². The number of allylic oxidation sites excluding steroid dienone is 2. The molecule has 0 bridgehead atoms. The smallest absolute Gasteiger partial charge is 0.209 e. The number of aliphatic imine (C=N–C) groups is 1. The van der Waals surface area contributed by atoms with Gasteiger partial charge in [0, 0.05) is 27.6 Å². The van der Waals surface area contributed by atoms with E-state index in [2.05, 4.69) is 143 Å². The Hall–Kier alpha value is -6.13. The molecule has 3 heterocycles.